The molecule has 0 bridgehead atoms. The molecule has 1 spiro atoms. The summed E-state index contributed by atoms with van der Waals surface area (Å²) in [4.78, 5) is 11.8. The Balaban J connectivity index is 1.98. The van der Waals surface area contributed by atoms with Crippen molar-refractivity contribution < 1.29 is 9.53 Å². The number of benzene rings is 1. The van der Waals surface area contributed by atoms with Gasteiger partial charge in [0, 0.05) is 17.4 Å². The number of esters is 1. The van der Waals surface area contributed by atoms with Crippen LogP contribution in [0.15, 0.2) is 24.3 Å². The Morgan fingerprint density at radius 3 is 2.84 bits per heavy atom. The molecule has 0 aromatic heterocycles. The van der Waals surface area contributed by atoms with Gasteiger partial charge in [-0.25, -0.2) is 0 Å². The van der Waals surface area contributed by atoms with E-state index in [-0.39, 0.29) is 10.0 Å². The number of thioether (sulfide) groups is 2. The standard InChI is InChI=1S/C15H18O2S2/c1-17-14(16)10-13-12-5-3-2-4-11(12)6-7-15(13)18-8-9-19-15/h2-5,13H,6-10H2,1H3. The highest BCUT2D eigenvalue weighted by molar-refractivity contribution is 8.21. The first-order chi connectivity index (χ1) is 9.25. The second-order valence-electron chi connectivity index (χ2n) is 5.04. The summed E-state index contributed by atoms with van der Waals surface area (Å²) < 4.78 is 5.11. The largest absolute Gasteiger partial charge is 0.469 e. The van der Waals surface area contributed by atoms with E-state index in [2.05, 4.69) is 24.3 Å². The number of hydrogen-bond acceptors (Lipinski definition) is 4. The van der Waals surface area contributed by atoms with Crippen molar-refractivity contribution in [3.63, 3.8) is 0 Å². The first-order valence-electron chi connectivity index (χ1n) is 6.68. The van der Waals surface area contributed by atoms with E-state index < -0.39 is 0 Å². The highest BCUT2D eigenvalue weighted by atomic mass is 32.2. The quantitative estimate of drug-likeness (QED) is 0.780. The topological polar surface area (TPSA) is 26.3 Å². The molecular weight excluding hydrogens is 276 g/mol. The van der Waals surface area contributed by atoms with Crippen LogP contribution in [0.3, 0.4) is 0 Å². The molecule has 1 saturated heterocycles. The van der Waals surface area contributed by atoms with Crippen molar-refractivity contribution in [1.29, 1.82) is 0 Å². The molecule has 1 unspecified atom stereocenters. The lowest BCUT2D eigenvalue weighted by atomic mass is 9.80. The summed E-state index contributed by atoms with van der Waals surface area (Å²) in [6, 6.07) is 8.59. The van der Waals surface area contributed by atoms with Gasteiger partial charge in [-0.3, -0.25) is 4.79 Å². The van der Waals surface area contributed by atoms with Crippen LogP contribution in [0.2, 0.25) is 0 Å². The number of methoxy groups -OCH3 is 1. The third-order valence-corrected chi connectivity index (χ3v) is 7.82. The minimum atomic E-state index is -0.0887. The molecule has 1 aliphatic carbocycles. The van der Waals surface area contributed by atoms with Gasteiger partial charge in [-0.05, 0) is 24.0 Å². The average molecular weight is 294 g/mol. The molecule has 1 atom stereocenters. The van der Waals surface area contributed by atoms with Gasteiger partial charge in [0.1, 0.15) is 0 Å². The molecule has 0 N–H and O–H groups in total. The maximum Gasteiger partial charge on any atom is 0.306 e. The highest BCUT2D eigenvalue weighted by Crippen LogP contribution is 2.59. The molecule has 3 rings (SSSR count). The second kappa shape index (κ2) is 5.41. The molecule has 1 heterocycles. The van der Waals surface area contributed by atoms with Crippen LogP contribution in [0.25, 0.3) is 0 Å². The average Bonchev–Trinajstić information content (AvgIpc) is 2.91. The number of hydrogen-bond donors (Lipinski definition) is 0. The molecule has 1 aliphatic heterocycles. The third kappa shape index (κ3) is 2.40. The van der Waals surface area contributed by atoms with E-state index in [0.717, 1.165) is 6.42 Å². The number of ether oxygens (including phenoxy) is 1. The Labute approximate surface area is 122 Å². The van der Waals surface area contributed by atoms with Crippen molar-refractivity contribution in [3.05, 3.63) is 35.4 Å². The number of rotatable bonds is 2. The van der Waals surface area contributed by atoms with Crippen LogP contribution in [0.4, 0.5) is 0 Å². The fraction of sp³-hybridized carbons (Fsp3) is 0.533. The van der Waals surface area contributed by atoms with Crippen LogP contribution < -0.4 is 0 Å². The van der Waals surface area contributed by atoms with Gasteiger partial charge in [0.05, 0.1) is 17.6 Å². The summed E-state index contributed by atoms with van der Waals surface area (Å²) in [5.74, 6) is 2.60. The molecule has 4 heteroatoms. The summed E-state index contributed by atoms with van der Waals surface area (Å²) in [7, 11) is 1.48. The van der Waals surface area contributed by atoms with Crippen LogP contribution in [0.1, 0.15) is 29.9 Å². The number of aryl methyl sites for hydroxylation is 1. The van der Waals surface area contributed by atoms with Gasteiger partial charge in [0.25, 0.3) is 0 Å². The van der Waals surface area contributed by atoms with E-state index in [4.69, 9.17) is 4.74 Å². The monoisotopic (exact) mass is 294 g/mol. The minimum Gasteiger partial charge on any atom is -0.469 e. The van der Waals surface area contributed by atoms with Gasteiger partial charge in [0.15, 0.2) is 0 Å². The second-order valence-corrected chi connectivity index (χ2v) is 8.15. The zero-order valence-electron chi connectivity index (χ0n) is 11.1. The predicted molar refractivity (Wildman–Crippen MR) is 81.8 cm³/mol. The lowest BCUT2D eigenvalue weighted by Gasteiger charge is -2.40. The summed E-state index contributed by atoms with van der Waals surface area (Å²) >= 11 is 4.09. The van der Waals surface area contributed by atoms with Crippen LogP contribution >= 0.6 is 23.5 Å². The first kappa shape index (κ1) is 13.4. The maximum atomic E-state index is 11.8. The third-order valence-electron chi connectivity index (χ3n) is 4.08. The van der Waals surface area contributed by atoms with E-state index in [9.17, 15) is 4.79 Å². The Bertz CT molecular complexity index is 481. The van der Waals surface area contributed by atoms with Crippen molar-refractivity contribution in [3.8, 4) is 0 Å². The SMILES string of the molecule is COC(=O)CC1c2ccccc2CCC12SCCS2. The molecule has 0 radical (unpaired) electrons. The molecular formula is C15H18O2S2. The van der Waals surface area contributed by atoms with Crippen molar-refractivity contribution in [2.24, 2.45) is 0 Å². The molecule has 2 nitrogen and oxygen atoms in total. The van der Waals surface area contributed by atoms with Crippen LogP contribution in [0.5, 0.6) is 0 Å². The smallest absolute Gasteiger partial charge is 0.306 e. The fourth-order valence-electron chi connectivity index (χ4n) is 3.15. The fourth-order valence-corrected chi connectivity index (χ4v) is 6.66. The molecule has 2 aliphatic rings. The summed E-state index contributed by atoms with van der Waals surface area (Å²) in [5.41, 5.74) is 2.77. The Hall–Kier alpha value is -0.610. The van der Waals surface area contributed by atoms with Crippen LogP contribution in [0, 0.1) is 0 Å². The normalized spacial score (nSPS) is 24.2. The van der Waals surface area contributed by atoms with Crippen LogP contribution in [-0.4, -0.2) is 28.7 Å². The number of fused-ring (bicyclic) bond motifs is 1. The van der Waals surface area contributed by atoms with Gasteiger partial charge >= 0.3 is 5.97 Å². The molecule has 1 aromatic rings. The molecule has 1 fully saturated rings. The van der Waals surface area contributed by atoms with Crippen molar-refractivity contribution in [2.75, 3.05) is 18.6 Å². The van der Waals surface area contributed by atoms with Crippen molar-refractivity contribution in [2.45, 2.75) is 29.3 Å². The van der Waals surface area contributed by atoms with E-state index in [1.165, 1.54) is 36.2 Å². The first-order valence-corrected chi connectivity index (χ1v) is 8.65. The molecule has 0 saturated carbocycles. The summed E-state index contributed by atoms with van der Waals surface area (Å²) in [6.07, 6.45) is 2.81. The van der Waals surface area contributed by atoms with Gasteiger partial charge < -0.3 is 4.74 Å². The predicted octanol–water partition coefficient (Wildman–Crippen LogP) is 3.46. The zero-order valence-corrected chi connectivity index (χ0v) is 12.7. The van der Waals surface area contributed by atoms with Crippen molar-refractivity contribution >= 4 is 29.5 Å². The lowest BCUT2D eigenvalue weighted by Crippen LogP contribution is -2.34. The van der Waals surface area contributed by atoms with Crippen molar-refractivity contribution in [1.82, 2.24) is 0 Å². The van der Waals surface area contributed by atoms with Gasteiger partial charge in [0.2, 0.25) is 0 Å². The molecule has 1 aromatic carbocycles. The summed E-state index contributed by atoms with van der Waals surface area (Å²) in [6.45, 7) is 0. The van der Waals surface area contributed by atoms with E-state index in [1.807, 2.05) is 23.5 Å². The minimum absolute atomic E-state index is 0.0887. The summed E-state index contributed by atoms with van der Waals surface area (Å²) in [5, 5.41) is 0. The maximum absolute atomic E-state index is 11.8. The van der Waals surface area contributed by atoms with E-state index >= 15 is 0 Å². The van der Waals surface area contributed by atoms with E-state index in [1.54, 1.807) is 0 Å². The Kier molecular flexibility index (Phi) is 3.81. The molecule has 0 amide bonds. The van der Waals surface area contributed by atoms with Gasteiger partial charge in [-0.15, -0.1) is 23.5 Å². The molecule has 19 heavy (non-hydrogen) atoms. The highest BCUT2D eigenvalue weighted by Gasteiger charge is 2.47. The number of carbonyl (C=O) groups is 1. The van der Waals surface area contributed by atoms with Crippen LogP contribution in [-0.2, 0) is 16.0 Å². The number of carbonyl (C=O) groups excluding carboxylic acids is 1. The van der Waals surface area contributed by atoms with E-state index in [0.29, 0.717) is 12.3 Å². The lowest BCUT2D eigenvalue weighted by molar-refractivity contribution is -0.141. The molecule has 102 valence electrons. The van der Waals surface area contributed by atoms with Gasteiger partial charge in [-0.1, -0.05) is 24.3 Å². The zero-order chi connectivity index (χ0) is 13.3. The Morgan fingerprint density at radius 2 is 2.11 bits per heavy atom. The Morgan fingerprint density at radius 1 is 1.37 bits per heavy atom. The van der Waals surface area contributed by atoms with Gasteiger partial charge in [-0.2, -0.15) is 0 Å².